The van der Waals surface area contributed by atoms with E-state index in [1.54, 1.807) is 24.7 Å². The molecule has 1 amide bonds. The maximum atomic E-state index is 12.1. The van der Waals surface area contributed by atoms with Crippen LogP contribution in [0, 0.1) is 0 Å². The van der Waals surface area contributed by atoms with E-state index < -0.39 is 5.97 Å². The lowest BCUT2D eigenvalue weighted by Crippen LogP contribution is -2.27. The largest absolute Gasteiger partial charge is 0.461 e. The maximum absolute atomic E-state index is 12.1. The minimum Gasteiger partial charge on any atom is -0.461 e. The molecule has 1 atom stereocenters. The number of esters is 1. The van der Waals surface area contributed by atoms with E-state index in [2.05, 4.69) is 15.3 Å². The highest BCUT2D eigenvalue weighted by Crippen LogP contribution is 2.14. The first-order valence-corrected chi connectivity index (χ1v) is 7.33. The normalized spacial score (nSPS) is 11.7. The van der Waals surface area contributed by atoms with E-state index in [0.717, 1.165) is 16.9 Å². The lowest BCUT2D eigenvalue weighted by molar-refractivity contribution is 0.0526. The number of nitrogens with zero attached hydrogens (tertiary/aromatic N) is 2. The molecule has 110 valence electrons. The van der Waals surface area contributed by atoms with Gasteiger partial charge in [-0.1, -0.05) is 0 Å². The molecule has 0 aromatic carbocycles. The van der Waals surface area contributed by atoms with Gasteiger partial charge < -0.3 is 10.1 Å². The molecule has 1 unspecified atom stereocenters. The molecule has 2 aromatic heterocycles. The van der Waals surface area contributed by atoms with Crippen molar-refractivity contribution in [2.24, 2.45) is 0 Å². The minimum atomic E-state index is -0.510. The molecule has 7 heteroatoms. The van der Waals surface area contributed by atoms with Crippen molar-refractivity contribution in [3.63, 3.8) is 0 Å². The van der Waals surface area contributed by atoms with E-state index in [9.17, 15) is 9.59 Å². The van der Waals surface area contributed by atoms with Crippen LogP contribution < -0.4 is 5.32 Å². The van der Waals surface area contributed by atoms with Gasteiger partial charge in [0.2, 0.25) is 5.01 Å². The summed E-state index contributed by atoms with van der Waals surface area (Å²) in [4.78, 5) is 31.5. The number of thiazole rings is 1. The van der Waals surface area contributed by atoms with Crippen molar-refractivity contribution in [1.29, 1.82) is 0 Å². The van der Waals surface area contributed by atoms with Gasteiger partial charge in [0.25, 0.3) is 5.91 Å². The molecule has 0 saturated carbocycles. The average molecular weight is 305 g/mol. The molecule has 6 nitrogen and oxygen atoms in total. The Morgan fingerprint density at radius 1 is 1.38 bits per heavy atom. The highest BCUT2D eigenvalue weighted by molar-refractivity contribution is 7.11. The van der Waals surface area contributed by atoms with Gasteiger partial charge in [0, 0.05) is 17.8 Å². The standard InChI is InChI=1S/C14H15N3O3S/c1-3-20-14(19)13-17-11(8-21-13)12(18)16-9(2)10-4-6-15-7-5-10/h4-9H,3H2,1-2H3,(H,16,18). The van der Waals surface area contributed by atoms with Crippen molar-refractivity contribution in [3.05, 3.63) is 46.2 Å². The Hall–Kier alpha value is -2.28. The van der Waals surface area contributed by atoms with Crippen molar-refractivity contribution in [3.8, 4) is 0 Å². The van der Waals surface area contributed by atoms with Gasteiger partial charge in [-0.15, -0.1) is 11.3 Å². The first kappa shape index (κ1) is 15.1. The average Bonchev–Trinajstić information content (AvgIpc) is 2.98. The van der Waals surface area contributed by atoms with Crippen molar-refractivity contribution in [1.82, 2.24) is 15.3 Å². The topological polar surface area (TPSA) is 81.2 Å². The van der Waals surface area contributed by atoms with Gasteiger partial charge in [-0.05, 0) is 31.5 Å². The van der Waals surface area contributed by atoms with Crippen molar-refractivity contribution < 1.29 is 14.3 Å². The molecule has 0 saturated heterocycles. The molecule has 1 N–H and O–H groups in total. The summed E-state index contributed by atoms with van der Waals surface area (Å²) >= 11 is 1.09. The molecule has 0 aliphatic heterocycles. The summed E-state index contributed by atoms with van der Waals surface area (Å²) in [5.41, 5.74) is 1.16. The molecule has 0 radical (unpaired) electrons. The van der Waals surface area contributed by atoms with E-state index >= 15 is 0 Å². The molecule has 2 rings (SSSR count). The quantitative estimate of drug-likeness (QED) is 0.856. The van der Waals surface area contributed by atoms with Gasteiger partial charge >= 0.3 is 5.97 Å². The van der Waals surface area contributed by atoms with E-state index in [1.165, 1.54) is 0 Å². The van der Waals surface area contributed by atoms with Crippen LogP contribution in [0.4, 0.5) is 0 Å². The molecular formula is C14H15N3O3S. The summed E-state index contributed by atoms with van der Waals surface area (Å²) in [6, 6.07) is 3.49. The third-order valence-corrected chi connectivity index (χ3v) is 3.56. The zero-order valence-corrected chi connectivity index (χ0v) is 12.5. The zero-order chi connectivity index (χ0) is 15.2. The second-order valence-electron chi connectivity index (χ2n) is 4.23. The molecule has 0 bridgehead atoms. The number of carbonyl (C=O) groups excluding carboxylic acids is 2. The lowest BCUT2D eigenvalue weighted by Gasteiger charge is -2.12. The van der Waals surface area contributed by atoms with Gasteiger partial charge in [0.1, 0.15) is 5.69 Å². The van der Waals surface area contributed by atoms with Gasteiger partial charge in [-0.2, -0.15) is 0 Å². The zero-order valence-electron chi connectivity index (χ0n) is 11.7. The molecule has 2 heterocycles. The summed E-state index contributed by atoms with van der Waals surface area (Å²) in [7, 11) is 0. The highest BCUT2D eigenvalue weighted by Gasteiger charge is 2.18. The number of ether oxygens (including phenoxy) is 1. The third kappa shape index (κ3) is 3.85. The molecule has 0 aliphatic carbocycles. The van der Waals surface area contributed by atoms with Gasteiger partial charge in [-0.3, -0.25) is 9.78 Å². The third-order valence-electron chi connectivity index (χ3n) is 2.74. The number of amides is 1. The molecule has 0 fully saturated rings. The predicted molar refractivity (Wildman–Crippen MR) is 78.2 cm³/mol. The van der Waals surface area contributed by atoms with Crippen molar-refractivity contribution >= 4 is 23.2 Å². The summed E-state index contributed by atoms with van der Waals surface area (Å²) in [6.45, 7) is 3.86. The number of carbonyl (C=O) groups is 2. The number of nitrogens with one attached hydrogen (secondary N) is 1. The monoisotopic (exact) mass is 305 g/mol. The van der Waals surface area contributed by atoms with Crippen LogP contribution in [-0.2, 0) is 4.74 Å². The van der Waals surface area contributed by atoms with E-state index in [4.69, 9.17) is 4.74 Å². The molecule has 0 aliphatic rings. The number of pyridine rings is 1. The fourth-order valence-corrected chi connectivity index (χ4v) is 2.36. The van der Waals surface area contributed by atoms with Crippen LogP contribution in [0.5, 0.6) is 0 Å². The number of hydrogen-bond donors (Lipinski definition) is 1. The van der Waals surface area contributed by atoms with E-state index in [1.807, 2.05) is 19.1 Å². The second kappa shape index (κ2) is 6.94. The summed E-state index contributed by atoms with van der Waals surface area (Å²) in [6.07, 6.45) is 3.33. The Kier molecular flexibility index (Phi) is 4.99. The predicted octanol–water partition coefficient (Wildman–Crippen LogP) is 2.21. The van der Waals surface area contributed by atoms with Crippen LogP contribution in [0.15, 0.2) is 29.9 Å². The number of hydrogen-bond acceptors (Lipinski definition) is 6. The fraction of sp³-hybridized carbons (Fsp3) is 0.286. The van der Waals surface area contributed by atoms with E-state index in [-0.39, 0.29) is 29.3 Å². The first-order valence-electron chi connectivity index (χ1n) is 6.45. The second-order valence-corrected chi connectivity index (χ2v) is 5.09. The summed E-state index contributed by atoms with van der Waals surface area (Å²) < 4.78 is 4.84. The maximum Gasteiger partial charge on any atom is 0.367 e. The number of rotatable bonds is 5. The van der Waals surface area contributed by atoms with Crippen LogP contribution >= 0.6 is 11.3 Å². The van der Waals surface area contributed by atoms with Gasteiger partial charge in [0.05, 0.1) is 12.6 Å². The van der Waals surface area contributed by atoms with Crippen LogP contribution in [-0.4, -0.2) is 28.5 Å². The molecule has 2 aromatic rings. The van der Waals surface area contributed by atoms with Crippen molar-refractivity contribution in [2.75, 3.05) is 6.61 Å². The lowest BCUT2D eigenvalue weighted by atomic mass is 10.1. The Morgan fingerprint density at radius 2 is 2.10 bits per heavy atom. The Bertz CT molecular complexity index is 627. The van der Waals surface area contributed by atoms with Crippen LogP contribution in [0.3, 0.4) is 0 Å². The van der Waals surface area contributed by atoms with E-state index in [0.29, 0.717) is 0 Å². The Labute approximate surface area is 126 Å². The van der Waals surface area contributed by atoms with Gasteiger partial charge in [-0.25, -0.2) is 9.78 Å². The van der Waals surface area contributed by atoms with Crippen LogP contribution in [0.1, 0.15) is 45.7 Å². The number of aromatic nitrogens is 2. The Morgan fingerprint density at radius 3 is 2.76 bits per heavy atom. The van der Waals surface area contributed by atoms with Crippen LogP contribution in [0.25, 0.3) is 0 Å². The van der Waals surface area contributed by atoms with Gasteiger partial charge in [0.15, 0.2) is 0 Å². The molecular weight excluding hydrogens is 290 g/mol. The molecule has 0 spiro atoms. The van der Waals surface area contributed by atoms with Crippen LogP contribution in [0.2, 0.25) is 0 Å². The fourth-order valence-electron chi connectivity index (χ4n) is 1.67. The molecule has 21 heavy (non-hydrogen) atoms. The van der Waals surface area contributed by atoms with Crippen molar-refractivity contribution in [2.45, 2.75) is 19.9 Å². The summed E-state index contributed by atoms with van der Waals surface area (Å²) in [5, 5.41) is 4.54. The SMILES string of the molecule is CCOC(=O)c1nc(C(=O)NC(C)c2ccncc2)cs1. The minimum absolute atomic E-state index is 0.173. The first-order chi connectivity index (χ1) is 10.1. The summed E-state index contributed by atoms with van der Waals surface area (Å²) in [5.74, 6) is -0.838. The smallest absolute Gasteiger partial charge is 0.367 e. The highest BCUT2D eigenvalue weighted by atomic mass is 32.1. The Balaban J connectivity index is 2.02.